The van der Waals surface area contributed by atoms with E-state index in [1.165, 1.54) is 13.2 Å². The summed E-state index contributed by atoms with van der Waals surface area (Å²) < 4.78 is 43.9. The Balaban J connectivity index is 2.23. The van der Waals surface area contributed by atoms with E-state index in [1.807, 2.05) is 0 Å². The molecule has 2 aromatic rings. The number of nitrogens with zero attached hydrogens (tertiary/aromatic N) is 1. The molecule has 0 aliphatic heterocycles. The molecule has 0 unspecified atom stereocenters. The van der Waals surface area contributed by atoms with Crippen molar-refractivity contribution in [2.75, 3.05) is 37.6 Å². The molecule has 4 N–H and O–H groups in total. The molecule has 26 heavy (non-hydrogen) atoms. The third kappa shape index (κ3) is 4.82. The normalized spacial score (nSPS) is 10.6. The quantitative estimate of drug-likeness (QED) is 0.400. The number of rotatable bonds is 9. The summed E-state index contributed by atoms with van der Waals surface area (Å²) in [5.74, 6) is -1.99. The van der Waals surface area contributed by atoms with Gasteiger partial charge in [-0.05, 0) is 17.7 Å². The van der Waals surface area contributed by atoms with Crippen molar-refractivity contribution in [3.05, 3.63) is 51.4 Å². The number of aromatic amines is 1. The van der Waals surface area contributed by atoms with Crippen molar-refractivity contribution >= 4 is 17.3 Å². The lowest BCUT2D eigenvalue weighted by Crippen LogP contribution is -2.25. The number of hydrogen-bond acceptors (Lipinski definition) is 6. The van der Waals surface area contributed by atoms with Crippen LogP contribution < -0.4 is 16.2 Å². The van der Waals surface area contributed by atoms with Crippen molar-refractivity contribution in [1.29, 1.82) is 5.41 Å². The maximum Gasteiger partial charge on any atom is 0.276 e. The lowest BCUT2D eigenvalue weighted by Gasteiger charge is -2.12. The first-order valence-electron chi connectivity index (χ1n) is 7.65. The Morgan fingerprint density at radius 1 is 1.31 bits per heavy atom. The molecule has 0 fully saturated rings. The van der Waals surface area contributed by atoms with Gasteiger partial charge in [0.2, 0.25) is 5.95 Å². The van der Waals surface area contributed by atoms with E-state index in [0.29, 0.717) is 12.2 Å². The highest BCUT2D eigenvalue weighted by Gasteiger charge is 2.15. The summed E-state index contributed by atoms with van der Waals surface area (Å²) in [6, 6.07) is 3.36. The van der Waals surface area contributed by atoms with Crippen LogP contribution in [0.1, 0.15) is 11.3 Å². The minimum Gasteiger partial charge on any atom is -0.383 e. The number of H-pyrrole nitrogens is 1. The van der Waals surface area contributed by atoms with E-state index in [4.69, 9.17) is 10.1 Å². The van der Waals surface area contributed by atoms with Gasteiger partial charge in [-0.25, -0.2) is 18.2 Å². The van der Waals surface area contributed by atoms with E-state index >= 15 is 0 Å². The van der Waals surface area contributed by atoms with E-state index in [2.05, 4.69) is 20.6 Å². The maximum absolute atomic E-state index is 13.2. The number of methoxy groups -OCH3 is 1. The molecule has 0 bridgehead atoms. The molecule has 1 heterocycles. The monoisotopic (exact) mass is 369 g/mol. The molecule has 1 aromatic heterocycles. The SMILES string of the molecule is COCCNc1c(C(=N)CF)nc(NCc2ccc(F)c(F)c2)[nH]c1=O. The highest BCUT2D eigenvalue weighted by Crippen LogP contribution is 2.13. The summed E-state index contributed by atoms with van der Waals surface area (Å²) >= 11 is 0. The Labute approximate surface area is 147 Å². The predicted octanol–water partition coefficient (Wildman–Crippen LogP) is 2.06. The van der Waals surface area contributed by atoms with Gasteiger partial charge in [-0.1, -0.05) is 6.07 Å². The van der Waals surface area contributed by atoms with Crippen LogP contribution in [-0.2, 0) is 11.3 Å². The number of hydrogen-bond donors (Lipinski definition) is 4. The summed E-state index contributed by atoms with van der Waals surface area (Å²) in [7, 11) is 1.49. The molecule has 0 saturated carbocycles. The summed E-state index contributed by atoms with van der Waals surface area (Å²) in [5, 5.41) is 13.1. The zero-order valence-corrected chi connectivity index (χ0v) is 14.0. The topological polar surface area (TPSA) is 103 Å². The van der Waals surface area contributed by atoms with Crippen molar-refractivity contribution in [3.63, 3.8) is 0 Å². The fourth-order valence-electron chi connectivity index (χ4n) is 2.12. The molecule has 7 nitrogen and oxygen atoms in total. The Bertz CT molecular complexity index is 841. The second-order valence-electron chi connectivity index (χ2n) is 5.27. The average molecular weight is 369 g/mol. The molecule has 10 heteroatoms. The van der Waals surface area contributed by atoms with Crippen LogP contribution in [-0.4, -0.2) is 42.6 Å². The predicted molar refractivity (Wildman–Crippen MR) is 91.7 cm³/mol. The zero-order valence-electron chi connectivity index (χ0n) is 14.0. The highest BCUT2D eigenvalue weighted by atomic mass is 19.2. The van der Waals surface area contributed by atoms with Gasteiger partial charge in [-0.2, -0.15) is 0 Å². The highest BCUT2D eigenvalue weighted by molar-refractivity contribution is 6.02. The maximum atomic E-state index is 13.2. The number of alkyl halides is 1. The Morgan fingerprint density at radius 3 is 2.73 bits per heavy atom. The smallest absolute Gasteiger partial charge is 0.276 e. The van der Waals surface area contributed by atoms with Gasteiger partial charge >= 0.3 is 0 Å². The standard InChI is InChI=1S/C16H18F3N5O2/c1-26-5-4-21-14-13(12(20)7-17)23-16(24-15(14)25)22-8-9-2-3-10(18)11(19)6-9/h2-3,6,20-21H,4-5,7-8H2,1H3,(H2,22,23,24,25). The zero-order chi connectivity index (χ0) is 19.1. The molecule has 0 spiro atoms. The molecule has 0 aliphatic rings. The number of halogens is 3. The minimum absolute atomic E-state index is 0.0229. The molecule has 0 radical (unpaired) electrons. The van der Waals surface area contributed by atoms with Crippen molar-refractivity contribution in [3.8, 4) is 0 Å². The second kappa shape index (κ2) is 8.99. The summed E-state index contributed by atoms with van der Waals surface area (Å²) in [5.41, 5.74) is -0.830. The minimum atomic E-state index is -1.10. The van der Waals surface area contributed by atoms with Crippen LogP contribution in [0.25, 0.3) is 0 Å². The van der Waals surface area contributed by atoms with Crippen LogP contribution in [0, 0.1) is 17.0 Å². The third-order valence-electron chi connectivity index (χ3n) is 3.39. The van der Waals surface area contributed by atoms with Gasteiger partial charge in [0.15, 0.2) is 11.6 Å². The van der Waals surface area contributed by atoms with Crippen LogP contribution in [0.2, 0.25) is 0 Å². The molecule has 2 rings (SSSR count). The Morgan fingerprint density at radius 2 is 2.08 bits per heavy atom. The second-order valence-corrected chi connectivity index (χ2v) is 5.27. The van der Waals surface area contributed by atoms with E-state index in [1.54, 1.807) is 0 Å². The summed E-state index contributed by atoms with van der Waals surface area (Å²) in [6.45, 7) is -0.482. The lowest BCUT2D eigenvalue weighted by atomic mass is 10.2. The first kappa shape index (κ1) is 19.4. The molecular formula is C16H18F3N5O2. The van der Waals surface area contributed by atoms with E-state index in [0.717, 1.165) is 12.1 Å². The molecular weight excluding hydrogens is 351 g/mol. The van der Waals surface area contributed by atoms with Crippen LogP contribution in [0.15, 0.2) is 23.0 Å². The molecule has 0 saturated heterocycles. The number of benzene rings is 1. The van der Waals surface area contributed by atoms with Crippen LogP contribution in [0.3, 0.4) is 0 Å². The Hall–Kier alpha value is -2.88. The summed E-state index contributed by atoms with van der Waals surface area (Å²) in [4.78, 5) is 18.7. The van der Waals surface area contributed by atoms with Gasteiger partial charge in [0.1, 0.15) is 18.1 Å². The van der Waals surface area contributed by atoms with E-state index < -0.39 is 29.6 Å². The van der Waals surface area contributed by atoms with Crippen molar-refractivity contribution in [2.24, 2.45) is 0 Å². The van der Waals surface area contributed by atoms with E-state index in [9.17, 15) is 18.0 Å². The van der Waals surface area contributed by atoms with Crippen molar-refractivity contribution in [2.45, 2.75) is 6.54 Å². The van der Waals surface area contributed by atoms with Gasteiger partial charge in [-0.3, -0.25) is 9.78 Å². The number of anilines is 2. The average Bonchev–Trinajstić information content (AvgIpc) is 2.63. The van der Waals surface area contributed by atoms with Gasteiger partial charge < -0.3 is 20.8 Å². The molecule has 0 amide bonds. The fourth-order valence-corrected chi connectivity index (χ4v) is 2.12. The number of aromatic nitrogens is 2. The van der Waals surface area contributed by atoms with Gasteiger partial charge in [0.25, 0.3) is 5.56 Å². The van der Waals surface area contributed by atoms with Gasteiger partial charge in [0, 0.05) is 20.2 Å². The first-order chi connectivity index (χ1) is 12.5. The van der Waals surface area contributed by atoms with Crippen LogP contribution in [0.4, 0.5) is 24.8 Å². The Kier molecular flexibility index (Phi) is 6.73. The van der Waals surface area contributed by atoms with E-state index in [-0.39, 0.29) is 30.4 Å². The fraction of sp³-hybridized carbons (Fsp3) is 0.312. The summed E-state index contributed by atoms with van der Waals surface area (Å²) in [6.07, 6.45) is 0. The largest absolute Gasteiger partial charge is 0.383 e. The molecule has 0 aliphatic carbocycles. The van der Waals surface area contributed by atoms with Crippen molar-refractivity contribution in [1.82, 2.24) is 9.97 Å². The van der Waals surface area contributed by atoms with Gasteiger partial charge in [-0.15, -0.1) is 0 Å². The lowest BCUT2D eigenvalue weighted by molar-refractivity contribution is 0.210. The first-order valence-corrected chi connectivity index (χ1v) is 7.65. The van der Waals surface area contributed by atoms with Crippen molar-refractivity contribution < 1.29 is 17.9 Å². The third-order valence-corrected chi connectivity index (χ3v) is 3.39. The number of ether oxygens (including phenoxy) is 1. The number of nitrogens with one attached hydrogen (secondary N) is 4. The molecule has 1 aromatic carbocycles. The molecule has 0 atom stereocenters. The molecule has 140 valence electrons. The van der Waals surface area contributed by atoms with Crippen LogP contribution >= 0.6 is 0 Å². The van der Waals surface area contributed by atoms with Crippen LogP contribution in [0.5, 0.6) is 0 Å². The van der Waals surface area contributed by atoms with Gasteiger partial charge in [0.05, 0.1) is 12.3 Å².